The van der Waals surface area contributed by atoms with Crippen LogP contribution < -0.4 is 5.32 Å². The first-order valence-electron chi connectivity index (χ1n) is 7.19. The minimum Gasteiger partial charge on any atom is -0.508 e. The summed E-state index contributed by atoms with van der Waals surface area (Å²) in [6.45, 7) is 6.06. The lowest BCUT2D eigenvalue weighted by molar-refractivity contribution is 0.0931. The van der Waals surface area contributed by atoms with E-state index in [9.17, 15) is 9.90 Å². The lowest BCUT2D eigenvalue weighted by Gasteiger charge is -2.18. The van der Waals surface area contributed by atoms with E-state index in [0.29, 0.717) is 11.1 Å². The van der Waals surface area contributed by atoms with Crippen LogP contribution in [0.25, 0.3) is 0 Å². The summed E-state index contributed by atoms with van der Waals surface area (Å²) in [5.74, 6) is 0.0937. The van der Waals surface area contributed by atoms with Gasteiger partial charge in [-0.15, -0.1) is 0 Å². The van der Waals surface area contributed by atoms with Crippen molar-refractivity contribution in [3.05, 3.63) is 29.3 Å². The molecule has 0 aliphatic carbocycles. The predicted molar refractivity (Wildman–Crippen MR) is 78.5 cm³/mol. The first-order chi connectivity index (χ1) is 9.10. The first kappa shape index (κ1) is 15.5. The Morgan fingerprint density at radius 1 is 1.26 bits per heavy atom. The topological polar surface area (TPSA) is 49.3 Å². The third-order valence-electron chi connectivity index (χ3n) is 3.43. The summed E-state index contributed by atoms with van der Waals surface area (Å²) in [4.78, 5) is 12.2. The van der Waals surface area contributed by atoms with Crippen molar-refractivity contribution in [2.75, 3.05) is 0 Å². The highest BCUT2D eigenvalue weighted by Gasteiger charge is 2.15. The first-order valence-corrected chi connectivity index (χ1v) is 7.19. The second kappa shape index (κ2) is 7.82. The Morgan fingerprint density at radius 2 is 2.00 bits per heavy atom. The number of aromatic hydroxyl groups is 1. The molecule has 1 aromatic carbocycles. The van der Waals surface area contributed by atoms with Crippen LogP contribution in [-0.4, -0.2) is 17.1 Å². The molecule has 0 bridgehead atoms. The van der Waals surface area contributed by atoms with E-state index in [2.05, 4.69) is 19.2 Å². The molecule has 19 heavy (non-hydrogen) atoms. The van der Waals surface area contributed by atoms with E-state index >= 15 is 0 Å². The average molecular weight is 263 g/mol. The monoisotopic (exact) mass is 263 g/mol. The van der Waals surface area contributed by atoms with Crippen LogP contribution in [0.2, 0.25) is 0 Å². The van der Waals surface area contributed by atoms with Crippen molar-refractivity contribution in [1.82, 2.24) is 5.32 Å². The SMILES string of the molecule is CCCCC(CCC)NC(=O)c1cccc(O)c1C. The van der Waals surface area contributed by atoms with Gasteiger partial charge < -0.3 is 10.4 Å². The molecule has 1 unspecified atom stereocenters. The molecule has 0 fully saturated rings. The molecule has 1 amide bonds. The van der Waals surface area contributed by atoms with E-state index < -0.39 is 0 Å². The Labute approximate surface area is 116 Å². The van der Waals surface area contributed by atoms with Crippen LogP contribution in [0.3, 0.4) is 0 Å². The fourth-order valence-electron chi connectivity index (χ4n) is 2.22. The molecular weight excluding hydrogens is 238 g/mol. The number of rotatable bonds is 7. The lowest BCUT2D eigenvalue weighted by Crippen LogP contribution is -2.35. The number of phenolic OH excluding ortho intramolecular Hbond substituents is 1. The zero-order chi connectivity index (χ0) is 14.3. The molecule has 3 nitrogen and oxygen atoms in total. The van der Waals surface area contributed by atoms with Gasteiger partial charge in [0.25, 0.3) is 5.91 Å². The van der Waals surface area contributed by atoms with Crippen LogP contribution >= 0.6 is 0 Å². The molecule has 3 heteroatoms. The number of carbonyl (C=O) groups is 1. The molecule has 0 heterocycles. The maximum Gasteiger partial charge on any atom is 0.251 e. The van der Waals surface area contributed by atoms with Crippen molar-refractivity contribution in [2.24, 2.45) is 0 Å². The van der Waals surface area contributed by atoms with E-state index in [0.717, 1.165) is 32.1 Å². The smallest absolute Gasteiger partial charge is 0.251 e. The molecule has 0 saturated heterocycles. The van der Waals surface area contributed by atoms with Crippen molar-refractivity contribution in [3.8, 4) is 5.75 Å². The van der Waals surface area contributed by atoms with Gasteiger partial charge in [-0.05, 0) is 31.9 Å². The summed E-state index contributed by atoms with van der Waals surface area (Å²) in [5.41, 5.74) is 1.21. The van der Waals surface area contributed by atoms with Crippen molar-refractivity contribution in [3.63, 3.8) is 0 Å². The van der Waals surface area contributed by atoms with Gasteiger partial charge in [-0.2, -0.15) is 0 Å². The Bertz CT molecular complexity index is 415. The van der Waals surface area contributed by atoms with Gasteiger partial charge in [0.1, 0.15) is 5.75 Å². The number of nitrogens with one attached hydrogen (secondary N) is 1. The summed E-state index contributed by atoms with van der Waals surface area (Å²) >= 11 is 0. The summed E-state index contributed by atoms with van der Waals surface area (Å²) in [5, 5.41) is 12.7. The number of hydrogen-bond acceptors (Lipinski definition) is 2. The van der Waals surface area contributed by atoms with E-state index in [1.54, 1.807) is 25.1 Å². The zero-order valence-electron chi connectivity index (χ0n) is 12.2. The van der Waals surface area contributed by atoms with Crippen LogP contribution in [0.15, 0.2) is 18.2 Å². The predicted octanol–water partition coefficient (Wildman–Crippen LogP) is 3.79. The minimum absolute atomic E-state index is 0.0806. The zero-order valence-corrected chi connectivity index (χ0v) is 12.2. The number of carbonyl (C=O) groups excluding carboxylic acids is 1. The van der Waals surface area contributed by atoms with Gasteiger partial charge in [-0.25, -0.2) is 0 Å². The molecule has 0 spiro atoms. The van der Waals surface area contributed by atoms with Crippen molar-refractivity contribution >= 4 is 5.91 Å². The molecule has 106 valence electrons. The van der Waals surface area contributed by atoms with Crippen LogP contribution in [0.5, 0.6) is 5.75 Å². The highest BCUT2D eigenvalue weighted by molar-refractivity contribution is 5.96. The van der Waals surface area contributed by atoms with Gasteiger partial charge in [0.05, 0.1) is 0 Å². The van der Waals surface area contributed by atoms with E-state index in [1.807, 2.05) is 0 Å². The Kier molecular flexibility index (Phi) is 6.40. The molecule has 1 atom stereocenters. The number of hydrogen-bond donors (Lipinski definition) is 2. The van der Waals surface area contributed by atoms with Gasteiger partial charge in [-0.3, -0.25) is 4.79 Å². The van der Waals surface area contributed by atoms with Gasteiger partial charge in [0.2, 0.25) is 0 Å². The largest absolute Gasteiger partial charge is 0.508 e. The van der Waals surface area contributed by atoms with Crippen LogP contribution in [0, 0.1) is 6.92 Å². The van der Waals surface area contributed by atoms with Crippen LogP contribution in [0.4, 0.5) is 0 Å². The number of phenols is 1. The number of unbranched alkanes of at least 4 members (excludes halogenated alkanes) is 1. The van der Waals surface area contributed by atoms with Gasteiger partial charge in [0.15, 0.2) is 0 Å². The van der Waals surface area contributed by atoms with Crippen molar-refractivity contribution in [1.29, 1.82) is 0 Å². The fraction of sp³-hybridized carbons (Fsp3) is 0.562. The minimum atomic E-state index is -0.0806. The molecule has 0 aliphatic rings. The van der Waals surface area contributed by atoms with Gasteiger partial charge >= 0.3 is 0 Å². The standard InChI is InChI=1S/C16H25NO2/c1-4-6-9-13(8-5-2)17-16(19)14-10-7-11-15(18)12(14)3/h7,10-11,13,18H,4-6,8-9H2,1-3H3,(H,17,19). The number of amides is 1. The molecule has 0 aliphatic heterocycles. The molecule has 1 aromatic rings. The van der Waals surface area contributed by atoms with Crippen molar-refractivity contribution in [2.45, 2.75) is 58.9 Å². The molecule has 0 radical (unpaired) electrons. The Hall–Kier alpha value is -1.51. The molecular formula is C16H25NO2. The quantitative estimate of drug-likeness (QED) is 0.786. The Balaban J connectivity index is 2.72. The summed E-state index contributed by atoms with van der Waals surface area (Å²) in [6.07, 6.45) is 5.36. The van der Waals surface area contributed by atoms with E-state index in [4.69, 9.17) is 0 Å². The average Bonchev–Trinajstić information content (AvgIpc) is 2.39. The molecule has 0 saturated carbocycles. The third kappa shape index (κ3) is 4.58. The lowest BCUT2D eigenvalue weighted by atomic mass is 10.0. The summed E-state index contributed by atoms with van der Waals surface area (Å²) in [7, 11) is 0. The summed E-state index contributed by atoms with van der Waals surface area (Å²) < 4.78 is 0. The van der Waals surface area contributed by atoms with Crippen LogP contribution in [-0.2, 0) is 0 Å². The Morgan fingerprint density at radius 3 is 2.63 bits per heavy atom. The molecule has 2 N–H and O–H groups in total. The number of benzene rings is 1. The highest BCUT2D eigenvalue weighted by Crippen LogP contribution is 2.20. The van der Waals surface area contributed by atoms with Crippen molar-refractivity contribution < 1.29 is 9.90 Å². The normalized spacial score (nSPS) is 12.2. The third-order valence-corrected chi connectivity index (χ3v) is 3.43. The van der Waals surface area contributed by atoms with E-state index in [1.165, 1.54) is 0 Å². The van der Waals surface area contributed by atoms with Gasteiger partial charge in [-0.1, -0.05) is 39.2 Å². The van der Waals surface area contributed by atoms with Gasteiger partial charge in [0, 0.05) is 17.2 Å². The fourth-order valence-corrected chi connectivity index (χ4v) is 2.22. The molecule has 0 aromatic heterocycles. The maximum atomic E-state index is 12.2. The maximum absolute atomic E-state index is 12.2. The molecule has 1 rings (SSSR count). The van der Waals surface area contributed by atoms with E-state index in [-0.39, 0.29) is 17.7 Å². The second-order valence-electron chi connectivity index (χ2n) is 5.05. The summed E-state index contributed by atoms with van der Waals surface area (Å²) in [6, 6.07) is 5.30. The highest BCUT2D eigenvalue weighted by atomic mass is 16.3. The second-order valence-corrected chi connectivity index (χ2v) is 5.05. The van der Waals surface area contributed by atoms with Crippen LogP contribution in [0.1, 0.15) is 61.9 Å².